The average Bonchev–Trinajstić information content (AvgIpc) is 1.84. The summed E-state index contributed by atoms with van der Waals surface area (Å²) < 4.78 is 12.7. The summed E-state index contributed by atoms with van der Waals surface area (Å²) in [7, 11) is 5.52. The maximum atomic E-state index is 12.7. The molecule has 0 saturated heterocycles. The first-order valence-electron chi connectivity index (χ1n) is 3.13. The monoisotopic (exact) mass is 134 g/mol. The van der Waals surface area contributed by atoms with Gasteiger partial charge in [-0.1, -0.05) is 17.1 Å². The number of hydrogen-bond acceptors (Lipinski definition) is 0. The maximum absolute atomic E-state index is 12.7. The van der Waals surface area contributed by atoms with Crippen LogP contribution in [-0.2, 0) is 0 Å². The molecule has 0 atom stereocenters. The largest absolute Gasteiger partial charge is 0.207 e. The van der Waals surface area contributed by atoms with Gasteiger partial charge in [0.1, 0.15) is 13.7 Å². The Hall–Kier alpha value is -0.785. The molecule has 0 unspecified atom stereocenters. The molecule has 1 aromatic carbocycles. The number of rotatable bonds is 0. The van der Waals surface area contributed by atoms with E-state index in [2.05, 4.69) is 0 Å². The van der Waals surface area contributed by atoms with Gasteiger partial charge in [-0.25, -0.2) is 4.39 Å². The van der Waals surface area contributed by atoms with Crippen molar-refractivity contribution >= 4 is 13.3 Å². The van der Waals surface area contributed by atoms with Crippen molar-refractivity contribution in [2.24, 2.45) is 0 Å². The lowest BCUT2D eigenvalue weighted by Gasteiger charge is -2.01. The van der Waals surface area contributed by atoms with Gasteiger partial charge in [0.05, 0.1) is 0 Å². The molecule has 0 nitrogen and oxygen atoms in total. The van der Waals surface area contributed by atoms with Crippen molar-refractivity contribution in [3.63, 3.8) is 0 Å². The van der Waals surface area contributed by atoms with Gasteiger partial charge < -0.3 is 0 Å². The van der Waals surface area contributed by atoms with Crippen LogP contribution in [-0.4, -0.2) is 7.85 Å². The van der Waals surface area contributed by atoms with Crippen molar-refractivity contribution in [2.75, 3.05) is 0 Å². The predicted molar refractivity (Wildman–Crippen MR) is 41.3 cm³/mol. The molecule has 1 aromatic rings. The second kappa shape index (κ2) is 2.45. The third-order valence-electron chi connectivity index (χ3n) is 1.55. The number of hydrogen-bond donors (Lipinski definition) is 0. The molecule has 0 heterocycles. The molecule has 0 amide bonds. The molecular formula is C8H8BF. The summed E-state index contributed by atoms with van der Waals surface area (Å²) in [5.74, 6) is -0.188. The predicted octanol–water partition coefficient (Wildman–Crippen LogP) is 1.24. The summed E-state index contributed by atoms with van der Waals surface area (Å²) in [5.41, 5.74) is 2.05. The highest BCUT2D eigenvalue weighted by atomic mass is 19.1. The van der Waals surface area contributed by atoms with Gasteiger partial charge in [0.15, 0.2) is 0 Å². The molecule has 10 heavy (non-hydrogen) atoms. The summed E-state index contributed by atoms with van der Waals surface area (Å²) in [6.07, 6.45) is 0. The van der Waals surface area contributed by atoms with Crippen LogP contribution >= 0.6 is 0 Å². The van der Waals surface area contributed by atoms with Gasteiger partial charge in [-0.3, -0.25) is 0 Å². The molecule has 0 bridgehead atoms. The van der Waals surface area contributed by atoms with Crippen molar-refractivity contribution in [2.45, 2.75) is 13.8 Å². The van der Waals surface area contributed by atoms with Gasteiger partial charge in [-0.15, -0.1) is 0 Å². The van der Waals surface area contributed by atoms with E-state index in [0.717, 1.165) is 5.56 Å². The van der Waals surface area contributed by atoms with Crippen molar-refractivity contribution in [1.82, 2.24) is 0 Å². The van der Waals surface area contributed by atoms with Crippen LogP contribution in [0.15, 0.2) is 12.1 Å². The van der Waals surface area contributed by atoms with Gasteiger partial charge in [0.25, 0.3) is 0 Å². The second-order valence-electron chi connectivity index (χ2n) is 2.46. The first-order chi connectivity index (χ1) is 4.61. The van der Waals surface area contributed by atoms with Gasteiger partial charge >= 0.3 is 0 Å². The Balaban J connectivity index is 3.28. The van der Waals surface area contributed by atoms with Crippen LogP contribution in [0, 0.1) is 19.7 Å². The molecule has 0 aliphatic heterocycles. The highest BCUT2D eigenvalue weighted by molar-refractivity contribution is 6.33. The molecule has 0 spiro atoms. The van der Waals surface area contributed by atoms with Crippen LogP contribution in [0.2, 0.25) is 0 Å². The molecule has 0 aliphatic carbocycles. The number of halogens is 1. The molecule has 0 aliphatic rings. The molecule has 0 aromatic heterocycles. The lowest BCUT2D eigenvalue weighted by Crippen LogP contribution is -2.08. The fourth-order valence-electron chi connectivity index (χ4n) is 0.803. The Labute approximate surface area is 61.5 Å². The fraction of sp³-hybridized carbons (Fsp3) is 0.250. The van der Waals surface area contributed by atoms with Crippen molar-refractivity contribution in [1.29, 1.82) is 0 Å². The van der Waals surface area contributed by atoms with Crippen molar-refractivity contribution in [3.05, 3.63) is 29.1 Å². The fourth-order valence-corrected chi connectivity index (χ4v) is 0.803. The Morgan fingerprint density at radius 1 is 1.20 bits per heavy atom. The Kier molecular flexibility index (Phi) is 1.79. The van der Waals surface area contributed by atoms with Gasteiger partial charge in [0, 0.05) is 0 Å². The van der Waals surface area contributed by atoms with E-state index in [1.165, 1.54) is 6.07 Å². The van der Waals surface area contributed by atoms with Crippen molar-refractivity contribution < 1.29 is 4.39 Å². The zero-order valence-electron chi connectivity index (χ0n) is 6.11. The van der Waals surface area contributed by atoms with Crippen LogP contribution in [0.4, 0.5) is 4.39 Å². The summed E-state index contributed by atoms with van der Waals surface area (Å²) in [6.45, 7) is 3.49. The van der Waals surface area contributed by atoms with Crippen LogP contribution in [0.5, 0.6) is 0 Å². The highest BCUT2D eigenvalue weighted by Crippen LogP contribution is 2.04. The maximum Gasteiger partial charge on any atom is 0.126 e. The minimum absolute atomic E-state index is 0.188. The lowest BCUT2D eigenvalue weighted by atomic mass is 9.90. The van der Waals surface area contributed by atoms with E-state index in [9.17, 15) is 4.39 Å². The Morgan fingerprint density at radius 2 is 1.80 bits per heavy atom. The van der Waals surface area contributed by atoms with E-state index < -0.39 is 0 Å². The number of aryl methyl sites for hydroxylation is 2. The molecule has 0 N–H and O–H groups in total. The molecule has 50 valence electrons. The van der Waals surface area contributed by atoms with E-state index in [1.54, 1.807) is 19.9 Å². The smallest absolute Gasteiger partial charge is 0.126 e. The standard InChI is InChI=1S/C8H8BF/c1-5-4-8(10)6(2)3-7(5)9/h3-4H,1-2H3. The molecule has 0 fully saturated rings. The van der Waals surface area contributed by atoms with Crippen LogP contribution in [0.3, 0.4) is 0 Å². The highest BCUT2D eigenvalue weighted by Gasteiger charge is 1.98. The van der Waals surface area contributed by atoms with Crippen LogP contribution in [0.1, 0.15) is 11.1 Å². The SMILES string of the molecule is [B]c1cc(C)c(F)cc1C. The van der Waals surface area contributed by atoms with E-state index >= 15 is 0 Å². The summed E-state index contributed by atoms with van der Waals surface area (Å²) in [4.78, 5) is 0. The minimum atomic E-state index is -0.188. The molecule has 2 heteroatoms. The molecule has 0 saturated carbocycles. The lowest BCUT2D eigenvalue weighted by molar-refractivity contribution is 0.618. The second-order valence-corrected chi connectivity index (χ2v) is 2.46. The number of benzene rings is 1. The Bertz CT molecular complexity index is 205. The van der Waals surface area contributed by atoms with Crippen LogP contribution in [0.25, 0.3) is 0 Å². The Morgan fingerprint density at radius 3 is 2.30 bits per heavy atom. The van der Waals surface area contributed by atoms with E-state index in [4.69, 9.17) is 7.85 Å². The van der Waals surface area contributed by atoms with Gasteiger partial charge in [-0.2, -0.15) is 0 Å². The average molecular weight is 134 g/mol. The topological polar surface area (TPSA) is 0 Å². The summed E-state index contributed by atoms with van der Waals surface area (Å²) in [6, 6.07) is 3.09. The first kappa shape index (κ1) is 7.32. The summed E-state index contributed by atoms with van der Waals surface area (Å²) >= 11 is 0. The molecule has 1 rings (SSSR count). The quantitative estimate of drug-likeness (QED) is 0.468. The molecular weight excluding hydrogens is 126 g/mol. The third-order valence-corrected chi connectivity index (χ3v) is 1.55. The normalized spacial score (nSPS) is 9.90. The van der Waals surface area contributed by atoms with E-state index in [0.29, 0.717) is 11.0 Å². The third kappa shape index (κ3) is 1.20. The zero-order chi connectivity index (χ0) is 7.72. The zero-order valence-corrected chi connectivity index (χ0v) is 6.11. The van der Waals surface area contributed by atoms with Crippen molar-refractivity contribution in [3.8, 4) is 0 Å². The van der Waals surface area contributed by atoms with E-state index in [1.807, 2.05) is 0 Å². The van der Waals surface area contributed by atoms with E-state index in [-0.39, 0.29) is 5.82 Å². The van der Waals surface area contributed by atoms with Gasteiger partial charge in [0.2, 0.25) is 0 Å². The first-order valence-corrected chi connectivity index (χ1v) is 3.13. The molecule has 2 radical (unpaired) electrons. The van der Waals surface area contributed by atoms with Crippen LogP contribution < -0.4 is 5.46 Å². The van der Waals surface area contributed by atoms with Gasteiger partial charge in [-0.05, 0) is 25.5 Å². The minimum Gasteiger partial charge on any atom is -0.207 e. The summed E-state index contributed by atoms with van der Waals surface area (Å²) in [5, 5.41) is 0.